The molecule has 0 fully saturated rings. The van der Waals surface area contributed by atoms with Gasteiger partial charge in [-0.25, -0.2) is 0 Å². The summed E-state index contributed by atoms with van der Waals surface area (Å²) in [4.78, 5) is 23.2. The van der Waals surface area contributed by atoms with Crippen LogP contribution in [0.4, 0.5) is 0 Å². The lowest BCUT2D eigenvalue weighted by atomic mass is 10.0. The van der Waals surface area contributed by atoms with Gasteiger partial charge in [-0.3, -0.25) is 9.36 Å². The topological polar surface area (TPSA) is 94.1 Å². The number of esters is 1. The maximum Gasteiger partial charge on any atom is 0.303 e. The Hall–Kier alpha value is -0.500. The lowest BCUT2D eigenvalue weighted by molar-refractivity contribution is -0.870. The van der Waals surface area contributed by atoms with Gasteiger partial charge in [0, 0.05) is 13.5 Å². The first-order valence-corrected chi connectivity index (χ1v) is 15.2. The molecule has 0 amide bonds. The van der Waals surface area contributed by atoms with Gasteiger partial charge in [0.2, 0.25) is 0 Å². The molecule has 210 valence electrons. The molecule has 0 aliphatic carbocycles. The predicted molar refractivity (Wildman–Crippen MR) is 139 cm³/mol. The molecule has 9 heteroatoms. The highest BCUT2D eigenvalue weighted by Crippen LogP contribution is 2.38. The fourth-order valence-electron chi connectivity index (χ4n) is 3.60. The number of hydrogen-bond donors (Lipinski definition) is 0. The second-order valence-electron chi connectivity index (χ2n) is 10.5. The summed E-state index contributed by atoms with van der Waals surface area (Å²) >= 11 is 0. The van der Waals surface area contributed by atoms with Crippen LogP contribution in [0.3, 0.4) is 0 Å². The number of likely N-dealkylation sites (N-methyl/N-ethyl adjacent to an activating group) is 1. The van der Waals surface area contributed by atoms with E-state index in [2.05, 4.69) is 6.92 Å². The van der Waals surface area contributed by atoms with Crippen LogP contribution in [-0.2, 0) is 27.9 Å². The number of phosphoric ester groups is 1. The Balaban J connectivity index is 3.77. The molecular weight excluding hydrogens is 469 g/mol. The van der Waals surface area contributed by atoms with Gasteiger partial charge in [-0.05, 0) is 6.42 Å². The van der Waals surface area contributed by atoms with Gasteiger partial charge in [-0.1, -0.05) is 90.4 Å². The van der Waals surface area contributed by atoms with E-state index in [1.807, 2.05) is 21.1 Å². The van der Waals surface area contributed by atoms with Gasteiger partial charge in [0.05, 0.1) is 34.4 Å². The molecule has 0 aromatic rings. The van der Waals surface area contributed by atoms with Crippen molar-refractivity contribution in [3.05, 3.63) is 0 Å². The van der Waals surface area contributed by atoms with Crippen molar-refractivity contribution in [1.29, 1.82) is 0 Å². The minimum atomic E-state index is -4.46. The van der Waals surface area contributed by atoms with Crippen LogP contribution in [0.25, 0.3) is 0 Å². The summed E-state index contributed by atoms with van der Waals surface area (Å²) in [5.41, 5.74) is 0. The van der Waals surface area contributed by atoms with Crippen molar-refractivity contribution in [1.82, 2.24) is 0 Å². The number of nitrogens with zero attached hydrogens (tertiary/aromatic N) is 1. The van der Waals surface area contributed by atoms with E-state index in [1.165, 1.54) is 84.0 Å². The summed E-state index contributed by atoms with van der Waals surface area (Å²) in [6.45, 7) is 4.40. The number of rotatable bonds is 25. The number of carbonyl (C=O) groups excluding carboxylic acids is 1. The minimum absolute atomic E-state index is 0.0259. The highest BCUT2D eigenvalue weighted by molar-refractivity contribution is 7.45. The number of phosphoric acid groups is 1. The lowest BCUT2D eigenvalue weighted by Crippen LogP contribution is -2.37. The fraction of sp³-hybridized carbons (Fsp3) is 0.962. The summed E-state index contributed by atoms with van der Waals surface area (Å²) in [6.07, 6.45) is 17.3. The molecule has 0 saturated heterocycles. The summed E-state index contributed by atoms with van der Waals surface area (Å²) in [5.74, 6) is -0.509. The number of quaternary nitrogens is 1. The van der Waals surface area contributed by atoms with E-state index in [0.717, 1.165) is 12.8 Å². The number of hydrogen-bond acceptors (Lipinski definition) is 7. The van der Waals surface area contributed by atoms with E-state index >= 15 is 0 Å². The Bertz CT molecular complexity index is 554. The molecular formula is C26H54NO7P. The van der Waals surface area contributed by atoms with E-state index in [9.17, 15) is 14.3 Å². The zero-order chi connectivity index (χ0) is 26.4. The molecule has 1 unspecified atom stereocenters. The monoisotopic (exact) mass is 523 g/mol. The summed E-state index contributed by atoms with van der Waals surface area (Å²) in [6, 6.07) is 0. The summed E-state index contributed by atoms with van der Waals surface area (Å²) in [5, 5.41) is 0. The molecule has 8 nitrogen and oxygen atoms in total. The van der Waals surface area contributed by atoms with Gasteiger partial charge in [-0.2, -0.15) is 0 Å². The third-order valence-corrected chi connectivity index (χ3v) is 6.67. The molecule has 0 aromatic carbocycles. The van der Waals surface area contributed by atoms with Crippen LogP contribution in [0.1, 0.15) is 104 Å². The number of ether oxygens (including phenoxy) is 2. The van der Waals surface area contributed by atoms with Crippen molar-refractivity contribution >= 4 is 13.8 Å². The maximum atomic E-state index is 11.9. The van der Waals surface area contributed by atoms with Gasteiger partial charge in [0.15, 0.2) is 0 Å². The molecule has 0 aromatic heterocycles. The summed E-state index contributed by atoms with van der Waals surface area (Å²) < 4.78 is 33.0. The van der Waals surface area contributed by atoms with E-state index < -0.39 is 19.9 Å². The van der Waals surface area contributed by atoms with Crippen molar-refractivity contribution in [2.45, 2.75) is 110 Å². The van der Waals surface area contributed by atoms with Crippen LogP contribution in [-0.4, -0.2) is 70.7 Å². The van der Waals surface area contributed by atoms with Crippen molar-refractivity contribution in [3.8, 4) is 0 Å². The van der Waals surface area contributed by atoms with E-state index in [1.54, 1.807) is 0 Å². The zero-order valence-corrected chi connectivity index (χ0v) is 24.2. The highest BCUT2D eigenvalue weighted by Gasteiger charge is 2.19. The molecule has 0 rings (SSSR count). The molecule has 0 bridgehead atoms. The third-order valence-electron chi connectivity index (χ3n) is 5.71. The fourth-order valence-corrected chi connectivity index (χ4v) is 4.33. The molecule has 0 N–H and O–H groups in total. The van der Waals surface area contributed by atoms with Crippen molar-refractivity contribution in [2.24, 2.45) is 0 Å². The second kappa shape index (κ2) is 21.6. The van der Waals surface area contributed by atoms with Crippen LogP contribution < -0.4 is 4.89 Å². The van der Waals surface area contributed by atoms with Crippen LogP contribution in [0.15, 0.2) is 0 Å². The average molecular weight is 524 g/mol. The molecule has 0 saturated carbocycles. The Kier molecular flexibility index (Phi) is 21.3. The van der Waals surface area contributed by atoms with Crippen molar-refractivity contribution in [3.63, 3.8) is 0 Å². The van der Waals surface area contributed by atoms with Crippen molar-refractivity contribution < 1.29 is 37.3 Å². The molecule has 0 heterocycles. The van der Waals surface area contributed by atoms with Gasteiger partial charge in [0.25, 0.3) is 7.82 Å². The highest BCUT2D eigenvalue weighted by atomic mass is 31.2. The van der Waals surface area contributed by atoms with Crippen molar-refractivity contribution in [2.75, 3.05) is 54.1 Å². The first kappa shape index (κ1) is 34.5. The normalized spacial score (nSPS) is 14.6. The smallest absolute Gasteiger partial charge is 0.303 e. The summed E-state index contributed by atoms with van der Waals surface area (Å²) in [7, 11) is 1.35. The first-order valence-electron chi connectivity index (χ1n) is 13.7. The van der Waals surface area contributed by atoms with Gasteiger partial charge < -0.3 is 27.9 Å². The Morgan fingerprint density at radius 1 is 0.771 bits per heavy atom. The number of carbonyl (C=O) groups is 1. The van der Waals surface area contributed by atoms with Crippen LogP contribution in [0.5, 0.6) is 0 Å². The predicted octanol–water partition coefficient (Wildman–Crippen LogP) is 5.62. The minimum Gasteiger partial charge on any atom is -0.756 e. The van der Waals surface area contributed by atoms with Gasteiger partial charge in [0.1, 0.15) is 19.3 Å². The zero-order valence-electron chi connectivity index (χ0n) is 23.3. The molecule has 2 atom stereocenters. The maximum absolute atomic E-state index is 11.9. The molecule has 0 aliphatic heterocycles. The average Bonchev–Trinajstić information content (AvgIpc) is 2.75. The van der Waals surface area contributed by atoms with E-state index in [4.69, 9.17) is 18.5 Å². The van der Waals surface area contributed by atoms with Crippen LogP contribution >= 0.6 is 7.82 Å². The molecule has 35 heavy (non-hydrogen) atoms. The molecule has 0 aliphatic rings. The Morgan fingerprint density at radius 3 is 1.71 bits per heavy atom. The van der Waals surface area contributed by atoms with Crippen LogP contribution in [0, 0.1) is 0 Å². The van der Waals surface area contributed by atoms with Gasteiger partial charge in [-0.15, -0.1) is 0 Å². The van der Waals surface area contributed by atoms with E-state index in [0.29, 0.717) is 17.6 Å². The van der Waals surface area contributed by atoms with E-state index in [-0.39, 0.29) is 19.8 Å². The SMILES string of the molecule is CCCCCCCCCCCCCCCCOC[C@H](COP(=O)([O-])OCC[N+](C)(C)C)OC(C)=O. The molecule has 0 radical (unpaired) electrons. The lowest BCUT2D eigenvalue weighted by Gasteiger charge is -2.28. The molecule has 0 spiro atoms. The second-order valence-corrected chi connectivity index (χ2v) is 11.9. The third kappa shape index (κ3) is 26.4. The largest absolute Gasteiger partial charge is 0.756 e. The standard InChI is InChI=1S/C26H54NO7P/c1-6-7-8-9-10-11-12-13-14-15-16-17-18-19-21-31-23-26(34-25(2)28)24-33-35(29,30)32-22-20-27(3,4)5/h26H,6-24H2,1-5H3/t26-/m1/s1. The Labute approximate surface area is 215 Å². The first-order chi connectivity index (χ1) is 16.6. The van der Waals surface area contributed by atoms with Crippen LogP contribution in [0.2, 0.25) is 0 Å². The number of unbranched alkanes of at least 4 members (excludes halogenated alkanes) is 13. The Morgan fingerprint density at radius 2 is 1.26 bits per heavy atom. The van der Waals surface area contributed by atoms with Gasteiger partial charge >= 0.3 is 5.97 Å². The quantitative estimate of drug-likeness (QED) is 0.0663.